The SMILES string of the molecule is N#Cc1cc(Br)ccc1NCc1cn2cc(Cl)ccc2n1. The van der Waals surface area contributed by atoms with E-state index >= 15 is 0 Å². The van der Waals surface area contributed by atoms with Crippen LogP contribution in [0.2, 0.25) is 5.02 Å². The van der Waals surface area contributed by atoms with Crippen LogP contribution in [0.25, 0.3) is 5.65 Å². The molecule has 0 bridgehead atoms. The summed E-state index contributed by atoms with van der Waals surface area (Å²) < 4.78 is 2.76. The van der Waals surface area contributed by atoms with Gasteiger partial charge in [-0.3, -0.25) is 0 Å². The van der Waals surface area contributed by atoms with E-state index in [1.165, 1.54) is 0 Å². The lowest BCUT2D eigenvalue weighted by molar-refractivity contribution is 1.08. The van der Waals surface area contributed by atoms with Gasteiger partial charge in [0.05, 0.1) is 28.5 Å². The van der Waals surface area contributed by atoms with E-state index in [1.54, 1.807) is 6.07 Å². The third kappa shape index (κ3) is 3.02. The Kier molecular flexibility index (Phi) is 3.82. The molecule has 0 amide bonds. The van der Waals surface area contributed by atoms with Crippen LogP contribution in [0.5, 0.6) is 0 Å². The van der Waals surface area contributed by atoms with Crippen LogP contribution < -0.4 is 5.32 Å². The Labute approximate surface area is 135 Å². The van der Waals surface area contributed by atoms with Crippen LogP contribution in [0.1, 0.15) is 11.3 Å². The normalized spacial score (nSPS) is 10.5. The molecule has 6 heteroatoms. The van der Waals surface area contributed by atoms with Gasteiger partial charge in [0.1, 0.15) is 11.7 Å². The van der Waals surface area contributed by atoms with Gasteiger partial charge in [-0.15, -0.1) is 0 Å². The highest BCUT2D eigenvalue weighted by atomic mass is 79.9. The molecule has 0 fully saturated rings. The fourth-order valence-corrected chi connectivity index (χ4v) is 2.58. The summed E-state index contributed by atoms with van der Waals surface area (Å²) in [5.74, 6) is 0. The molecule has 0 radical (unpaired) electrons. The van der Waals surface area contributed by atoms with Gasteiger partial charge in [0.15, 0.2) is 0 Å². The van der Waals surface area contributed by atoms with Gasteiger partial charge in [-0.05, 0) is 30.3 Å². The first-order valence-corrected chi connectivity index (χ1v) is 7.39. The number of nitrogens with zero attached hydrogens (tertiary/aromatic N) is 3. The van der Waals surface area contributed by atoms with Crippen LogP contribution in [0.3, 0.4) is 0 Å². The number of anilines is 1. The summed E-state index contributed by atoms with van der Waals surface area (Å²) in [4.78, 5) is 4.49. The monoisotopic (exact) mass is 360 g/mol. The molecular weight excluding hydrogens is 352 g/mol. The minimum absolute atomic E-state index is 0.537. The average molecular weight is 362 g/mol. The number of fused-ring (bicyclic) bond motifs is 1. The number of benzene rings is 1. The molecule has 0 aliphatic carbocycles. The lowest BCUT2D eigenvalue weighted by Crippen LogP contribution is -2.01. The van der Waals surface area contributed by atoms with Gasteiger partial charge < -0.3 is 9.72 Å². The highest BCUT2D eigenvalue weighted by molar-refractivity contribution is 9.10. The van der Waals surface area contributed by atoms with E-state index < -0.39 is 0 Å². The maximum absolute atomic E-state index is 9.14. The Morgan fingerprint density at radius 2 is 2.14 bits per heavy atom. The van der Waals surface area contributed by atoms with Crippen molar-refractivity contribution in [2.75, 3.05) is 5.32 Å². The van der Waals surface area contributed by atoms with Gasteiger partial charge in [-0.25, -0.2) is 4.98 Å². The van der Waals surface area contributed by atoms with E-state index in [1.807, 2.05) is 41.1 Å². The van der Waals surface area contributed by atoms with Crippen LogP contribution in [0, 0.1) is 11.3 Å². The number of rotatable bonds is 3. The topological polar surface area (TPSA) is 53.1 Å². The second kappa shape index (κ2) is 5.76. The second-order valence-electron chi connectivity index (χ2n) is 4.50. The van der Waals surface area contributed by atoms with Gasteiger partial charge in [-0.1, -0.05) is 27.5 Å². The smallest absolute Gasteiger partial charge is 0.137 e. The number of halogens is 2. The van der Waals surface area contributed by atoms with Crippen LogP contribution in [0.15, 0.2) is 47.2 Å². The van der Waals surface area contributed by atoms with Crippen LogP contribution in [-0.2, 0) is 6.54 Å². The van der Waals surface area contributed by atoms with E-state index in [0.717, 1.165) is 21.5 Å². The largest absolute Gasteiger partial charge is 0.378 e. The molecule has 1 aromatic carbocycles. The predicted octanol–water partition coefficient (Wildman–Crippen LogP) is 4.23. The molecule has 104 valence electrons. The Morgan fingerprint density at radius 3 is 2.95 bits per heavy atom. The third-order valence-electron chi connectivity index (χ3n) is 3.03. The number of imidazole rings is 1. The molecular formula is C15H10BrClN4. The summed E-state index contributed by atoms with van der Waals surface area (Å²) in [6.07, 6.45) is 3.73. The lowest BCUT2D eigenvalue weighted by Gasteiger charge is -2.06. The first-order chi connectivity index (χ1) is 10.2. The Hall–Kier alpha value is -2.03. The number of aromatic nitrogens is 2. The van der Waals surface area contributed by atoms with Crippen molar-refractivity contribution in [1.82, 2.24) is 9.38 Å². The van der Waals surface area contributed by atoms with Crippen molar-refractivity contribution in [1.29, 1.82) is 5.26 Å². The first kappa shape index (κ1) is 13.9. The maximum atomic E-state index is 9.14. The molecule has 0 aliphatic heterocycles. The molecule has 2 aromatic heterocycles. The van der Waals surface area contributed by atoms with Crippen molar-refractivity contribution in [3.05, 3.63) is 63.5 Å². The fourth-order valence-electron chi connectivity index (χ4n) is 2.05. The van der Waals surface area contributed by atoms with E-state index in [-0.39, 0.29) is 0 Å². The zero-order chi connectivity index (χ0) is 14.8. The average Bonchev–Trinajstić information content (AvgIpc) is 2.87. The molecule has 3 rings (SSSR count). The molecule has 0 unspecified atom stereocenters. The van der Waals surface area contributed by atoms with Gasteiger partial charge in [0.25, 0.3) is 0 Å². The van der Waals surface area contributed by atoms with Crippen molar-refractivity contribution in [2.24, 2.45) is 0 Å². The zero-order valence-corrected chi connectivity index (χ0v) is 13.2. The lowest BCUT2D eigenvalue weighted by atomic mass is 10.2. The third-order valence-corrected chi connectivity index (χ3v) is 3.74. The minimum Gasteiger partial charge on any atom is -0.378 e. The van der Waals surface area contributed by atoms with Crippen molar-refractivity contribution >= 4 is 38.9 Å². The number of hydrogen-bond acceptors (Lipinski definition) is 3. The highest BCUT2D eigenvalue weighted by Gasteiger charge is 2.05. The number of hydrogen-bond donors (Lipinski definition) is 1. The summed E-state index contributed by atoms with van der Waals surface area (Å²) in [7, 11) is 0. The van der Waals surface area contributed by atoms with Gasteiger partial charge in [0.2, 0.25) is 0 Å². The number of nitrogens with one attached hydrogen (secondary N) is 1. The molecule has 4 nitrogen and oxygen atoms in total. The Balaban J connectivity index is 1.82. The summed E-state index contributed by atoms with van der Waals surface area (Å²) in [5.41, 5.74) is 3.10. The zero-order valence-electron chi connectivity index (χ0n) is 10.8. The first-order valence-electron chi connectivity index (χ1n) is 6.22. The van der Waals surface area contributed by atoms with E-state index in [9.17, 15) is 0 Å². The maximum Gasteiger partial charge on any atom is 0.137 e. The van der Waals surface area contributed by atoms with E-state index in [4.69, 9.17) is 16.9 Å². The highest BCUT2D eigenvalue weighted by Crippen LogP contribution is 2.21. The van der Waals surface area contributed by atoms with Gasteiger partial charge >= 0.3 is 0 Å². The van der Waals surface area contributed by atoms with E-state index in [0.29, 0.717) is 17.1 Å². The number of pyridine rings is 1. The molecule has 0 aliphatic rings. The molecule has 21 heavy (non-hydrogen) atoms. The summed E-state index contributed by atoms with van der Waals surface area (Å²) in [6.45, 7) is 0.537. The quantitative estimate of drug-likeness (QED) is 0.759. The fraction of sp³-hybridized carbons (Fsp3) is 0.0667. The van der Waals surface area contributed by atoms with Crippen LogP contribution in [-0.4, -0.2) is 9.38 Å². The Morgan fingerprint density at radius 1 is 1.29 bits per heavy atom. The van der Waals surface area contributed by atoms with Crippen molar-refractivity contribution < 1.29 is 0 Å². The van der Waals surface area contributed by atoms with Crippen molar-refractivity contribution in [2.45, 2.75) is 6.54 Å². The van der Waals surface area contributed by atoms with Crippen LogP contribution >= 0.6 is 27.5 Å². The second-order valence-corrected chi connectivity index (χ2v) is 5.85. The van der Waals surface area contributed by atoms with E-state index in [2.05, 4.69) is 32.3 Å². The standard InChI is InChI=1S/C15H10BrClN4/c16-11-1-3-14(10(5-11)6-18)19-7-13-9-21-8-12(17)2-4-15(21)20-13/h1-5,8-9,19H,7H2. The summed E-state index contributed by atoms with van der Waals surface area (Å²) >= 11 is 9.31. The molecule has 0 atom stereocenters. The van der Waals surface area contributed by atoms with Gasteiger partial charge in [0, 0.05) is 16.9 Å². The predicted molar refractivity (Wildman–Crippen MR) is 86.4 cm³/mol. The number of nitriles is 1. The Bertz CT molecular complexity index is 850. The summed E-state index contributed by atoms with van der Waals surface area (Å²) in [5, 5.41) is 13.0. The van der Waals surface area contributed by atoms with Crippen molar-refractivity contribution in [3.8, 4) is 6.07 Å². The molecule has 0 saturated carbocycles. The molecule has 2 heterocycles. The summed E-state index contributed by atoms with van der Waals surface area (Å²) in [6, 6.07) is 11.4. The van der Waals surface area contributed by atoms with Gasteiger partial charge in [-0.2, -0.15) is 5.26 Å². The molecule has 0 spiro atoms. The minimum atomic E-state index is 0.537. The molecule has 1 N–H and O–H groups in total. The van der Waals surface area contributed by atoms with Crippen LogP contribution in [0.4, 0.5) is 5.69 Å². The molecule has 3 aromatic rings. The van der Waals surface area contributed by atoms with Crippen molar-refractivity contribution in [3.63, 3.8) is 0 Å². The molecule has 0 saturated heterocycles.